The summed E-state index contributed by atoms with van der Waals surface area (Å²) in [5.74, 6) is 1.91. The molecular formula is C20H32IN7S. The molecule has 1 atom stereocenters. The van der Waals surface area contributed by atoms with Crippen molar-refractivity contribution >= 4 is 52.3 Å². The van der Waals surface area contributed by atoms with Crippen molar-refractivity contribution < 1.29 is 0 Å². The molecule has 1 saturated heterocycles. The van der Waals surface area contributed by atoms with Crippen molar-refractivity contribution in [1.29, 1.82) is 0 Å². The average Bonchev–Trinajstić information content (AvgIpc) is 3.24. The highest BCUT2D eigenvalue weighted by molar-refractivity contribution is 14.0. The maximum atomic E-state index is 4.61. The van der Waals surface area contributed by atoms with Gasteiger partial charge in [-0.05, 0) is 19.1 Å². The average molecular weight is 529 g/mol. The fraction of sp³-hybridized carbons (Fsp3) is 0.550. The Morgan fingerprint density at radius 1 is 1.24 bits per heavy atom. The second kappa shape index (κ2) is 11.5. The summed E-state index contributed by atoms with van der Waals surface area (Å²) in [5.41, 5.74) is 1.23. The monoisotopic (exact) mass is 529 g/mol. The molecule has 9 heteroatoms. The van der Waals surface area contributed by atoms with E-state index >= 15 is 0 Å². The number of hydrogen-bond donors (Lipinski definition) is 1. The molecule has 0 amide bonds. The van der Waals surface area contributed by atoms with Crippen molar-refractivity contribution in [2.24, 2.45) is 4.99 Å². The highest BCUT2D eigenvalue weighted by Crippen LogP contribution is 2.19. The zero-order chi connectivity index (χ0) is 19.9. The van der Waals surface area contributed by atoms with Crippen LogP contribution in [0.5, 0.6) is 0 Å². The third-order valence-corrected chi connectivity index (χ3v) is 6.03. The zero-order valence-electron chi connectivity index (χ0n) is 17.7. The molecule has 1 aromatic heterocycles. The van der Waals surface area contributed by atoms with Crippen molar-refractivity contribution in [2.45, 2.75) is 26.3 Å². The number of aromatic nitrogens is 2. The Labute approximate surface area is 195 Å². The number of nitrogens with zero attached hydrogens (tertiary/aromatic N) is 6. The van der Waals surface area contributed by atoms with Gasteiger partial charge in [-0.15, -0.1) is 24.0 Å². The highest BCUT2D eigenvalue weighted by atomic mass is 127. The standard InChI is InChI=1S/C20H31N7S.HI/c1-5-18-23-20(28-24-18)27-13-11-26(12-14-27)19(21-3)22-15-16(2)25(4)17-9-7-6-8-10-17;/h6-10,16H,5,11-15H2,1-4H3,(H,21,22);1H. The Kier molecular flexibility index (Phi) is 9.41. The number of rotatable bonds is 6. The van der Waals surface area contributed by atoms with Crippen LogP contribution in [0.2, 0.25) is 0 Å². The number of aliphatic imine (C=N–C) groups is 1. The summed E-state index contributed by atoms with van der Waals surface area (Å²) in [6.07, 6.45) is 0.892. The minimum atomic E-state index is 0. The number of piperazine rings is 1. The van der Waals surface area contributed by atoms with E-state index in [0.29, 0.717) is 6.04 Å². The summed E-state index contributed by atoms with van der Waals surface area (Å²) in [6.45, 7) is 8.92. The molecule has 3 rings (SSSR count). The molecule has 2 aromatic rings. The summed E-state index contributed by atoms with van der Waals surface area (Å²) in [4.78, 5) is 16.1. The van der Waals surface area contributed by atoms with E-state index in [1.54, 1.807) is 0 Å². The minimum absolute atomic E-state index is 0. The van der Waals surface area contributed by atoms with Gasteiger partial charge in [-0.1, -0.05) is 25.1 Å². The van der Waals surface area contributed by atoms with Crippen LogP contribution in [-0.4, -0.2) is 73.1 Å². The van der Waals surface area contributed by atoms with Gasteiger partial charge in [0.2, 0.25) is 5.13 Å². The van der Waals surface area contributed by atoms with Gasteiger partial charge in [-0.3, -0.25) is 4.99 Å². The lowest BCUT2D eigenvalue weighted by molar-refractivity contribution is 0.371. The predicted octanol–water partition coefficient (Wildman–Crippen LogP) is 2.94. The van der Waals surface area contributed by atoms with E-state index in [-0.39, 0.29) is 24.0 Å². The molecule has 0 spiro atoms. The molecular weight excluding hydrogens is 497 g/mol. The third-order valence-electron chi connectivity index (χ3n) is 5.22. The number of para-hydroxylation sites is 1. The van der Waals surface area contributed by atoms with E-state index in [0.717, 1.165) is 56.1 Å². The van der Waals surface area contributed by atoms with Gasteiger partial charge in [0.05, 0.1) is 0 Å². The number of aryl methyl sites for hydroxylation is 1. The number of anilines is 2. The second-order valence-electron chi connectivity index (χ2n) is 7.04. The second-order valence-corrected chi connectivity index (χ2v) is 7.77. The van der Waals surface area contributed by atoms with Crippen molar-refractivity contribution in [1.82, 2.24) is 19.6 Å². The maximum Gasteiger partial charge on any atom is 0.205 e. The van der Waals surface area contributed by atoms with Gasteiger partial charge in [-0.25, -0.2) is 4.98 Å². The van der Waals surface area contributed by atoms with E-state index in [4.69, 9.17) is 0 Å². The van der Waals surface area contributed by atoms with Crippen LogP contribution in [0.15, 0.2) is 35.3 Å². The number of hydrogen-bond acceptors (Lipinski definition) is 6. The Morgan fingerprint density at radius 2 is 1.93 bits per heavy atom. The van der Waals surface area contributed by atoms with Gasteiger partial charge < -0.3 is 20.0 Å². The first-order chi connectivity index (χ1) is 13.6. The van der Waals surface area contributed by atoms with E-state index in [1.807, 2.05) is 13.1 Å². The van der Waals surface area contributed by atoms with Crippen LogP contribution in [0.25, 0.3) is 0 Å². The van der Waals surface area contributed by atoms with Crippen LogP contribution < -0.4 is 15.1 Å². The molecule has 29 heavy (non-hydrogen) atoms. The Morgan fingerprint density at radius 3 is 2.52 bits per heavy atom. The molecule has 0 radical (unpaired) electrons. The Bertz CT molecular complexity index is 759. The number of halogens is 1. The molecule has 1 aromatic carbocycles. The lowest BCUT2D eigenvalue weighted by Gasteiger charge is -2.37. The fourth-order valence-electron chi connectivity index (χ4n) is 3.25. The molecule has 1 aliphatic heterocycles. The van der Waals surface area contributed by atoms with Crippen LogP contribution in [0.1, 0.15) is 19.7 Å². The summed E-state index contributed by atoms with van der Waals surface area (Å²) in [5, 5.41) is 4.59. The van der Waals surface area contributed by atoms with Crippen molar-refractivity contribution in [3.8, 4) is 0 Å². The number of likely N-dealkylation sites (N-methyl/N-ethyl adjacent to an activating group) is 1. The Balaban J connectivity index is 0.00000300. The van der Waals surface area contributed by atoms with Crippen LogP contribution in [0.3, 0.4) is 0 Å². The lowest BCUT2D eigenvalue weighted by Crippen LogP contribution is -2.54. The first-order valence-corrected chi connectivity index (χ1v) is 10.7. The van der Waals surface area contributed by atoms with Crippen LogP contribution >= 0.6 is 35.5 Å². The molecule has 7 nitrogen and oxygen atoms in total. The summed E-state index contributed by atoms with van der Waals surface area (Å²) < 4.78 is 4.41. The van der Waals surface area contributed by atoms with Gasteiger partial charge in [0.1, 0.15) is 5.82 Å². The SMILES string of the molecule is CCc1nsc(N2CCN(C(=NC)NCC(C)N(C)c3ccccc3)CC2)n1.I. The first kappa shape index (κ1) is 23.7. The molecule has 0 saturated carbocycles. The van der Waals surface area contributed by atoms with Crippen molar-refractivity contribution in [3.63, 3.8) is 0 Å². The quantitative estimate of drug-likeness (QED) is 0.353. The fourth-order valence-corrected chi connectivity index (χ4v) is 4.05. The molecule has 1 fully saturated rings. The van der Waals surface area contributed by atoms with Gasteiger partial charge in [0.15, 0.2) is 5.96 Å². The molecule has 1 N–H and O–H groups in total. The van der Waals surface area contributed by atoms with Crippen molar-refractivity contribution in [3.05, 3.63) is 36.2 Å². The van der Waals surface area contributed by atoms with E-state index in [2.05, 4.69) is 79.5 Å². The topological polar surface area (TPSA) is 59.9 Å². The zero-order valence-corrected chi connectivity index (χ0v) is 20.9. The van der Waals surface area contributed by atoms with Gasteiger partial charge >= 0.3 is 0 Å². The minimum Gasteiger partial charge on any atom is -0.370 e. The van der Waals surface area contributed by atoms with Crippen molar-refractivity contribution in [2.75, 3.05) is 56.6 Å². The first-order valence-electron chi connectivity index (χ1n) is 9.93. The Hall–Kier alpha value is -1.62. The number of benzene rings is 1. The van der Waals surface area contributed by atoms with E-state index in [9.17, 15) is 0 Å². The molecule has 1 unspecified atom stereocenters. The third kappa shape index (κ3) is 6.18. The summed E-state index contributed by atoms with van der Waals surface area (Å²) in [6, 6.07) is 10.8. The van der Waals surface area contributed by atoms with Gasteiger partial charge in [0.25, 0.3) is 0 Å². The molecule has 0 bridgehead atoms. The lowest BCUT2D eigenvalue weighted by atomic mass is 10.2. The summed E-state index contributed by atoms with van der Waals surface area (Å²) in [7, 11) is 3.99. The van der Waals surface area contributed by atoms with Crippen LogP contribution in [0, 0.1) is 0 Å². The van der Waals surface area contributed by atoms with E-state index < -0.39 is 0 Å². The molecule has 2 heterocycles. The van der Waals surface area contributed by atoms with Crippen LogP contribution in [0.4, 0.5) is 10.8 Å². The molecule has 0 aliphatic carbocycles. The predicted molar refractivity (Wildman–Crippen MR) is 134 cm³/mol. The van der Waals surface area contributed by atoms with E-state index in [1.165, 1.54) is 17.2 Å². The number of nitrogens with one attached hydrogen (secondary N) is 1. The molecule has 160 valence electrons. The highest BCUT2D eigenvalue weighted by Gasteiger charge is 2.22. The van der Waals surface area contributed by atoms with Gasteiger partial charge in [-0.2, -0.15) is 4.37 Å². The summed E-state index contributed by atoms with van der Waals surface area (Å²) >= 11 is 1.51. The molecule has 1 aliphatic rings. The number of guanidine groups is 1. The largest absolute Gasteiger partial charge is 0.370 e. The maximum absolute atomic E-state index is 4.61. The smallest absolute Gasteiger partial charge is 0.205 e. The normalized spacial score (nSPS) is 15.7. The van der Waals surface area contributed by atoms with Gasteiger partial charge in [0, 0.05) is 76.5 Å². The van der Waals surface area contributed by atoms with Crippen LogP contribution in [-0.2, 0) is 6.42 Å².